The number of carbonyl (C=O) groups is 4. The number of fused-ring (bicyclic) bond motifs is 6. The van der Waals surface area contributed by atoms with E-state index in [4.69, 9.17) is 33.7 Å². The van der Waals surface area contributed by atoms with Crippen LogP contribution in [0.3, 0.4) is 0 Å². The number of hydrogen-bond donors (Lipinski definition) is 2. The Kier molecular flexibility index (Phi) is 18.0. The largest absolute Gasteiger partial charge is 0.464 e. The van der Waals surface area contributed by atoms with Gasteiger partial charge >= 0.3 is 12.0 Å². The Labute approximate surface area is 527 Å². The van der Waals surface area contributed by atoms with Gasteiger partial charge in [0.05, 0.1) is 73.6 Å². The second-order valence-electron chi connectivity index (χ2n) is 27.7. The topological polar surface area (TPSA) is 189 Å². The molecule has 478 valence electrons. The summed E-state index contributed by atoms with van der Waals surface area (Å²) in [6.45, 7) is 20.5. The van der Waals surface area contributed by atoms with Crippen LogP contribution >= 0.6 is 11.3 Å². The highest BCUT2D eigenvalue weighted by Gasteiger charge is 2.55. The highest BCUT2D eigenvalue weighted by Crippen LogP contribution is 2.47. The maximum atomic E-state index is 15.8. The van der Waals surface area contributed by atoms with Crippen LogP contribution in [-0.2, 0) is 51.0 Å². The van der Waals surface area contributed by atoms with E-state index in [0.717, 1.165) is 95.8 Å². The molecule has 13 rings (SSSR count). The second-order valence-corrected chi connectivity index (χ2v) is 28.6. The first kappa shape index (κ1) is 61.8. The van der Waals surface area contributed by atoms with Gasteiger partial charge in [-0.3, -0.25) is 34.2 Å². The molecule has 3 aromatic heterocycles. The minimum atomic E-state index is -1.18. The molecule has 10 heterocycles. The first-order valence-electron chi connectivity index (χ1n) is 32.8. The smallest absolute Gasteiger partial charge is 0.324 e. The summed E-state index contributed by atoms with van der Waals surface area (Å²) in [4.78, 5) is 82.0. The highest BCUT2D eigenvalue weighted by atomic mass is 32.1. The number of hydrazine groups is 1. The molecular weight excluding hydrogens is 1150 g/mol. The number of pyridine rings is 1. The van der Waals surface area contributed by atoms with Crippen molar-refractivity contribution in [2.45, 2.75) is 141 Å². The Morgan fingerprint density at radius 3 is 2.39 bits per heavy atom. The Morgan fingerprint density at radius 2 is 1.67 bits per heavy atom. The molecule has 7 fully saturated rings. The van der Waals surface area contributed by atoms with E-state index in [2.05, 4.69) is 92.6 Å². The Balaban J connectivity index is 0.910. The van der Waals surface area contributed by atoms with Crippen LogP contribution in [0.2, 0.25) is 0 Å². The van der Waals surface area contributed by atoms with Crippen LogP contribution in [0, 0.1) is 16.7 Å². The Morgan fingerprint density at radius 1 is 0.899 bits per heavy atom. The van der Waals surface area contributed by atoms with Crippen molar-refractivity contribution in [3.63, 3.8) is 0 Å². The number of thiazole rings is 1. The molecular formula is C68H91N11O9S. The molecule has 6 atom stereocenters. The number of ether oxygens (including phenoxy) is 5. The zero-order chi connectivity index (χ0) is 61.7. The monoisotopic (exact) mass is 1240 g/mol. The molecule has 2 aromatic carbocycles. The summed E-state index contributed by atoms with van der Waals surface area (Å²) in [5.41, 5.74) is 11.5. The van der Waals surface area contributed by atoms with E-state index in [9.17, 15) is 9.59 Å². The van der Waals surface area contributed by atoms with E-state index < -0.39 is 47.4 Å². The lowest BCUT2D eigenvalue weighted by atomic mass is 9.76. The van der Waals surface area contributed by atoms with Crippen LogP contribution < -0.4 is 15.6 Å². The molecule has 1 aliphatic carbocycles. The maximum Gasteiger partial charge on any atom is 0.324 e. The van der Waals surface area contributed by atoms with E-state index >= 15 is 9.59 Å². The average molecular weight is 1240 g/mol. The number of nitrogens with zero attached hydrogens (tertiary/aromatic N) is 9. The van der Waals surface area contributed by atoms with Gasteiger partial charge in [-0.2, -0.15) is 0 Å². The van der Waals surface area contributed by atoms with Gasteiger partial charge in [0.2, 0.25) is 5.91 Å². The summed E-state index contributed by atoms with van der Waals surface area (Å²) in [6, 6.07) is 16.0. The number of cyclic esters (lactones) is 1. The number of carbonyl (C=O) groups excluding carboxylic acids is 4. The van der Waals surface area contributed by atoms with Crippen molar-refractivity contribution in [3.05, 3.63) is 88.0 Å². The number of likely N-dealkylation sites (tertiary alicyclic amines) is 2. The number of aromatic nitrogens is 3. The molecule has 1 spiro atoms. The van der Waals surface area contributed by atoms with Crippen LogP contribution in [0.1, 0.15) is 119 Å². The lowest BCUT2D eigenvalue weighted by molar-refractivity contribution is -0.202. The molecule has 20 nitrogen and oxygen atoms in total. The van der Waals surface area contributed by atoms with Gasteiger partial charge in [0.1, 0.15) is 23.1 Å². The molecule has 89 heavy (non-hydrogen) atoms. The third-order valence-electron chi connectivity index (χ3n) is 20.2. The van der Waals surface area contributed by atoms with Crippen LogP contribution in [0.4, 0.5) is 10.5 Å². The predicted molar refractivity (Wildman–Crippen MR) is 341 cm³/mol. The number of urea groups is 1. The van der Waals surface area contributed by atoms with E-state index in [1.165, 1.54) is 34.8 Å². The first-order chi connectivity index (χ1) is 43.0. The number of benzene rings is 2. The molecule has 1 saturated carbocycles. The van der Waals surface area contributed by atoms with Gasteiger partial charge in [0, 0.05) is 143 Å². The van der Waals surface area contributed by atoms with Gasteiger partial charge in [-0.15, -0.1) is 11.3 Å². The van der Waals surface area contributed by atoms with E-state index in [0.29, 0.717) is 103 Å². The normalized spacial score (nSPS) is 25.1. The predicted octanol–water partition coefficient (Wildman–Crippen LogP) is 8.06. The number of anilines is 1. The molecule has 6 saturated heterocycles. The first-order valence-corrected chi connectivity index (χ1v) is 33.7. The zero-order valence-corrected chi connectivity index (χ0v) is 53.9. The number of amides is 4. The van der Waals surface area contributed by atoms with Crippen molar-refractivity contribution in [1.82, 2.24) is 49.9 Å². The fourth-order valence-electron chi connectivity index (χ4n) is 15.0. The summed E-state index contributed by atoms with van der Waals surface area (Å²) in [5, 5.41) is 8.60. The van der Waals surface area contributed by atoms with Gasteiger partial charge in [0.25, 0.3) is 5.91 Å². The molecule has 0 radical (unpaired) electrons. The minimum absolute atomic E-state index is 0.0701. The van der Waals surface area contributed by atoms with Crippen LogP contribution in [0.15, 0.2) is 66.2 Å². The fourth-order valence-corrected chi connectivity index (χ4v) is 16.0. The fraction of sp³-hybridized carbons (Fsp3) is 0.618. The molecule has 7 aliphatic heterocycles. The van der Waals surface area contributed by atoms with Gasteiger partial charge in [0.15, 0.2) is 0 Å². The number of hydrogen-bond acceptors (Lipinski definition) is 16. The van der Waals surface area contributed by atoms with E-state index in [1.807, 2.05) is 43.1 Å². The van der Waals surface area contributed by atoms with Crippen molar-refractivity contribution in [3.8, 4) is 22.5 Å². The molecule has 0 unspecified atom stereocenters. The Bertz CT molecular complexity index is 3360. The Hall–Kier alpha value is -6.04. The van der Waals surface area contributed by atoms with Crippen LogP contribution in [0.25, 0.3) is 33.4 Å². The summed E-state index contributed by atoms with van der Waals surface area (Å²) in [7, 11) is 3.44. The van der Waals surface area contributed by atoms with Gasteiger partial charge in [-0.1, -0.05) is 64.1 Å². The lowest BCUT2D eigenvalue weighted by Gasteiger charge is -2.58. The van der Waals surface area contributed by atoms with Crippen molar-refractivity contribution >= 4 is 51.7 Å². The second kappa shape index (κ2) is 25.9. The van der Waals surface area contributed by atoms with Crippen molar-refractivity contribution in [2.75, 3.05) is 118 Å². The number of likely N-dealkylation sites (N-methyl/N-ethyl adjacent to an activating group) is 1. The van der Waals surface area contributed by atoms with Crippen molar-refractivity contribution in [2.24, 2.45) is 16.7 Å². The van der Waals surface area contributed by atoms with Crippen molar-refractivity contribution in [1.29, 1.82) is 0 Å². The lowest BCUT2D eigenvalue weighted by Crippen LogP contribution is -2.70. The average Bonchev–Trinajstić information content (AvgIpc) is 1.94. The zero-order valence-electron chi connectivity index (χ0n) is 53.1. The van der Waals surface area contributed by atoms with Gasteiger partial charge < -0.3 is 48.3 Å². The third kappa shape index (κ3) is 12.8. The quantitative estimate of drug-likeness (QED) is 0.0958. The van der Waals surface area contributed by atoms with Crippen LogP contribution in [0.5, 0.6) is 0 Å². The summed E-state index contributed by atoms with van der Waals surface area (Å²) in [6.07, 6.45) is 8.39. The molecule has 6 bridgehead atoms. The van der Waals surface area contributed by atoms with Gasteiger partial charge in [-0.05, 0) is 93.5 Å². The highest BCUT2D eigenvalue weighted by molar-refractivity contribution is 7.10. The number of methoxy groups -OCH3 is 1. The number of piperazine rings is 1. The maximum absolute atomic E-state index is 15.8. The SMILES string of the molecule is CO[C@@H](C)c1ncc(N2CCN(C3CC3)CC2)cc1-c1c2c3cc(ccc3n1CCOC1CCOCC1)-c1csc(n1)[C@@H](N1CC3(COC3)C1)[C@H](NC(=O)[C@H](C(C)C)N(C)C(=O)N1CC[C@H](c3ccccc3)C1)C(=O)N1CCC[C@H](N1)C(=O)OCC(C)(C)C2. The summed E-state index contributed by atoms with van der Waals surface area (Å²) < 4.78 is 33.3. The summed E-state index contributed by atoms with van der Waals surface area (Å²) in [5.74, 6) is -1.41. The van der Waals surface area contributed by atoms with E-state index in [-0.39, 0.29) is 42.1 Å². The van der Waals surface area contributed by atoms with Crippen molar-refractivity contribution < 1.29 is 42.9 Å². The minimum Gasteiger partial charge on any atom is -0.464 e. The molecule has 21 heteroatoms. The molecule has 5 aromatic rings. The third-order valence-corrected chi connectivity index (χ3v) is 21.1. The number of esters is 1. The number of nitrogens with one attached hydrogen (secondary N) is 2. The van der Waals surface area contributed by atoms with E-state index in [1.54, 1.807) is 19.1 Å². The molecule has 2 N–H and O–H groups in total. The molecule has 8 aliphatic rings. The van der Waals surface area contributed by atoms with Gasteiger partial charge in [-0.25, -0.2) is 15.2 Å². The molecule has 4 amide bonds. The standard InChI is InChI=1S/C68H91N11O9S/c1-43(2)59(73(6)66(83)76-23-19-47(36-76)45-12-9-8-10-13-45)62(80)71-58-61(77-38-68(39-77)41-86-42-68)63-70-55(37-89-63)46-15-18-56-51(32-46)53(34-67(4,5)40-88-65(82)54-14-11-22-79(72-54)64(58)81)60(78(56)28-31-87-50-20-29-85-30-21-50)52-33-49(35-69-57(52)44(3)84-7)75-26-24-74(25-27-75)48-16-17-48/h8-10,12-13,15,18,32-33,35,37,43-44,47-48,50,54,58-59,61,72H,11,14,16-17,19-31,34,36,38-42H2,1-7H3,(H,71,80)/t44-,47-,54-,58-,59-,61-/m0/s1. The summed E-state index contributed by atoms with van der Waals surface area (Å²) >= 11 is 1.48. The van der Waals surface area contributed by atoms with Crippen LogP contribution in [-0.4, -0.2) is 206 Å². The number of rotatable bonds is 15.